The Labute approximate surface area is 140 Å². The van der Waals surface area contributed by atoms with Gasteiger partial charge in [0.15, 0.2) is 0 Å². The zero-order valence-corrected chi connectivity index (χ0v) is 14.4. The van der Waals surface area contributed by atoms with Crippen LogP contribution in [0.2, 0.25) is 0 Å². The zero-order valence-electron chi connectivity index (χ0n) is 13.6. The second kappa shape index (κ2) is 8.08. The van der Waals surface area contributed by atoms with Crippen LogP contribution in [0.1, 0.15) is 46.6 Å². The maximum atomic E-state index is 12.2. The number of amides is 1. The van der Waals surface area contributed by atoms with Crippen LogP contribution in [0.4, 0.5) is 0 Å². The molecule has 2 unspecified atom stereocenters. The highest BCUT2D eigenvalue weighted by atomic mass is 32.1. The minimum absolute atomic E-state index is 0.204. The number of rotatable bonds is 7. The van der Waals surface area contributed by atoms with Crippen LogP contribution in [0.25, 0.3) is 0 Å². The average Bonchev–Trinajstić information content (AvgIpc) is 3.03. The Morgan fingerprint density at radius 2 is 2.09 bits per heavy atom. The SMILES string of the molecule is CCCc1ncc(C(=O)NC(C)C(O)c2ccc(OC)cc2)s1. The number of nitrogens with one attached hydrogen (secondary N) is 1. The third kappa shape index (κ3) is 4.53. The van der Waals surface area contributed by atoms with Crippen molar-refractivity contribution < 1.29 is 14.6 Å². The normalized spacial score (nSPS) is 13.4. The van der Waals surface area contributed by atoms with Gasteiger partial charge in [0.2, 0.25) is 0 Å². The number of aromatic nitrogens is 1. The van der Waals surface area contributed by atoms with E-state index in [0.717, 1.165) is 29.2 Å². The van der Waals surface area contributed by atoms with E-state index in [1.807, 2.05) is 0 Å². The minimum Gasteiger partial charge on any atom is -0.497 e. The van der Waals surface area contributed by atoms with Crippen LogP contribution in [-0.2, 0) is 6.42 Å². The summed E-state index contributed by atoms with van der Waals surface area (Å²) in [6.45, 7) is 3.86. The van der Waals surface area contributed by atoms with E-state index >= 15 is 0 Å². The molecule has 2 N–H and O–H groups in total. The standard InChI is InChI=1S/C17H22N2O3S/c1-4-5-15-18-10-14(23-15)17(21)19-11(2)16(20)12-6-8-13(22-3)9-7-12/h6-11,16,20H,4-5H2,1-3H3,(H,19,21). The fraction of sp³-hybridized carbons (Fsp3) is 0.412. The Morgan fingerprint density at radius 3 is 2.70 bits per heavy atom. The number of nitrogens with zero attached hydrogens (tertiary/aromatic N) is 1. The van der Waals surface area contributed by atoms with Crippen LogP contribution in [0.15, 0.2) is 30.5 Å². The second-order valence-corrected chi connectivity index (χ2v) is 6.46. The molecule has 1 aromatic carbocycles. The molecule has 2 aromatic rings. The van der Waals surface area contributed by atoms with Crippen molar-refractivity contribution in [2.75, 3.05) is 7.11 Å². The molecule has 0 spiro atoms. The molecule has 0 aliphatic rings. The van der Waals surface area contributed by atoms with Crippen molar-refractivity contribution in [3.05, 3.63) is 45.9 Å². The highest BCUT2D eigenvalue weighted by Gasteiger charge is 2.20. The first-order chi connectivity index (χ1) is 11.0. The third-order valence-corrected chi connectivity index (χ3v) is 4.59. The van der Waals surface area contributed by atoms with Gasteiger partial charge in [-0.25, -0.2) is 4.98 Å². The van der Waals surface area contributed by atoms with Gasteiger partial charge in [0, 0.05) is 0 Å². The van der Waals surface area contributed by atoms with E-state index in [1.165, 1.54) is 11.3 Å². The second-order valence-electron chi connectivity index (χ2n) is 5.35. The molecule has 0 saturated carbocycles. The molecular weight excluding hydrogens is 312 g/mol. The molecule has 1 aromatic heterocycles. The van der Waals surface area contributed by atoms with Crippen molar-refractivity contribution in [3.63, 3.8) is 0 Å². The first-order valence-corrected chi connectivity index (χ1v) is 8.44. The lowest BCUT2D eigenvalue weighted by atomic mass is 10.0. The van der Waals surface area contributed by atoms with Crippen molar-refractivity contribution in [3.8, 4) is 5.75 Å². The molecule has 6 heteroatoms. The number of hydrogen-bond acceptors (Lipinski definition) is 5. The zero-order chi connectivity index (χ0) is 16.8. The molecular formula is C17H22N2O3S. The van der Waals surface area contributed by atoms with Crippen LogP contribution in [0.3, 0.4) is 0 Å². The van der Waals surface area contributed by atoms with E-state index in [9.17, 15) is 9.90 Å². The molecule has 0 saturated heterocycles. The summed E-state index contributed by atoms with van der Waals surface area (Å²) in [5, 5.41) is 14.2. The van der Waals surface area contributed by atoms with Crippen LogP contribution in [0, 0.1) is 0 Å². The number of hydrogen-bond donors (Lipinski definition) is 2. The maximum Gasteiger partial charge on any atom is 0.263 e. The van der Waals surface area contributed by atoms with Crippen molar-refractivity contribution in [2.45, 2.75) is 38.8 Å². The van der Waals surface area contributed by atoms with Gasteiger partial charge in [-0.1, -0.05) is 19.1 Å². The summed E-state index contributed by atoms with van der Waals surface area (Å²) in [6.07, 6.45) is 2.69. The molecule has 2 rings (SSSR count). The van der Waals surface area contributed by atoms with E-state index < -0.39 is 12.1 Å². The predicted molar refractivity (Wildman–Crippen MR) is 91.0 cm³/mol. The smallest absolute Gasteiger partial charge is 0.263 e. The lowest BCUT2D eigenvalue weighted by Gasteiger charge is -2.20. The number of benzene rings is 1. The molecule has 23 heavy (non-hydrogen) atoms. The van der Waals surface area contributed by atoms with Gasteiger partial charge in [0.05, 0.1) is 30.5 Å². The predicted octanol–water partition coefficient (Wildman–Crippen LogP) is 2.96. The third-order valence-electron chi connectivity index (χ3n) is 3.53. The van der Waals surface area contributed by atoms with Gasteiger partial charge in [0.25, 0.3) is 5.91 Å². The van der Waals surface area contributed by atoms with E-state index in [0.29, 0.717) is 4.88 Å². The molecule has 2 atom stereocenters. The van der Waals surface area contributed by atoms with Gasteiger partial charge in [-0.3, -0.25) is 4.79 Å². The minimum atomic E-state index is -0.784. The largest absolute Gasteiger partial charge is 0.497 e. The summed E-state index contributed by atoms with van der Waals surface area (Å²) in [4.78, 5) is 17.0. The maximum absolute atomic E-state index is 12.2. The first-order valence-electron chi connectivity index (χ1n) is 7.62. The van der Waals surface area contributed by atoms with Crippen molar-refractivity contribution in [2.24, 2.45) is 0 Å². The van der Waals surface area contributed by atoms with E-state index in [1.54, 1.807) is 44.5 Å². The number of thiazole rings is 1. The number of methoxy groups -OCH3 is 1. The number of aryl methyl sites for hydroxylation is 1. The lowest BCUT2D eigenvalue weighted by Crippen LogP contribution is -2.36. The van der Waals surface area contributed by atoms with E-state index in [-0.39, 0.29) is 5.91 Å². The average molecular weight is 334 g/mol. The van der Waals surface area contributed by atoms with Gasteiger partial charge >= 0.3 is 0 Å². The highest BCUT2D eigenvalue weighted by Crippen LogP contribution is 2.21. The van der Waals surface area contributed by atoms with E-state index in [2.05, 4.69) is 17.2 Å². The first kappa shape index (κ1) is 17.4. The molecule has 1 amide bonds. The summed E-state index contributed by atoms with van der Waals surface area (Å²) < 4.78 is 5.10. The van der Waals surface area contributed by atoms with Gasteiger partial charge in [-0.15, -0.1) is 11.3 Å². The monoisotopic (exact) mass is 334 g/mol. The Hall–Kier alpha value is -1.92. The number of aliphatic hydroxyl groups excluding tert-OH is 1. The molecule has 0 aliphatic heterocycles. The summed E-state index contributed by atoms with van der Waals surface area (Å²) in [7, 11) is 1.59. The topological polar surface area (TPSA) is 71.5 Å². The number of carbonyl (C=O) groups is 1. The van der Waals surface area contributed by atoms with Crippen LogP contribution >= 0.6 is 11.3 Å². The Kier molecular flexibility index (Phi) is 6.12. The van der Waals surface area contributed by atoms with Gasteiger partial charge in [-0.05, 0) is 37.5 Å². The van der Waals surface area contributed by atoms with Gasteiger partial charge < -0.3 is 15.2 Å². The lowest BCUT2D eigenvalue weighted by molar-refractivity contribution is 0.0855. The summed E-state index contributed by atoms with van der Waals surface area (Å²) in [5.74, 6) is 0.524. The summed E-state index contributed by atoms with van der Waals surface area (Å²) >= 11 is 1.40. The van der Waals surface area contributed by atoms with Crippen molar-refractivity contribution >= 4 is 17.2 Å². The Balaban J connectivity index is 1.98. The Morgan fingerprint density at radius 1 is 1.39 bits per heavy atom. The van der Waals surface area contributed by atoms with Gasteiger partial charge in [-0.2, -0.15) is 0 Å². The number of aliphatic hydroxyl groups is 1. The highest BCUT2D eigenvalue weighted by molar-refractivity contribution is 7.13. The summed E-state index contributed by atoms with van der Waals surface area (Å²) in [6, 6.07) is 6.74. The fourth-order valence-corrected chi connectivity index (χ4v) is 3.11. The molecule has 0 radical (unpaired) electrons. The molecule has 124 valence electrons. The van der Waals surface area contributed by atoms with Crippen LogP contribution in [0.5, 0.6) is 5.75 Å². The number of carbonyl (C=O) groups excluding carboxylic acids is 1. The molecule has 1 heterocycles. The summed E-state index contributed by atoms with van der Waals surface area (Å²) in [5.41, 5.74) is 0.731. The quantitative estimate of drug-likeness (QED) is 0.816. The van der Waals surface area contributed by atoms with Crippen LogP contribution in [-0.4, -0.2) is 29.1 Å². The fourth-order valence-electron chi connectivity index (χ4n) is 2.19. The molecule has 0 bridgehead atoms. The van der Waals surface area contributed by atoms with Crippen molar-refractivity contribution in [1.29, 1.82) is 0 Å². The molecule has 0 fully saturated rings. The Bertz CT molecular complexity index is 640. The van der Waals surface area contributed by atoms with Crippen molar-refractivity contribution in [1.82, 2.24) is 10.3 Å². The van der Waals surface area contributed by atoms with Gasteiger partial charge in [0.1, 0.15) is 10.6 Å². The van der Waals surface area contributed by atoms with E-state index in [4.69, 9.17) is 4.74 Å². The molecule has 5 nitrogen and oxygen atoms in total. The number of ether oxygens (including phenoxy) is 1. The van der Waals surface area contributed by atoms with Crippen LogP contribution < -0.4 is 10.1 Å². The molecule has 0 aliphatic carbocycles.